The topological polar surface area (TPSA) is 85.2 Å². The van der Waals surface area contributed by atoms with E-state index in [4.69, 9.17) is 0 Å². The van der Waals surface area contributed by atoms with Crippen molar-refractivity contribution in [3.05, 3.63) is 77.2 Å². The van der Waals surface area contributed by atoms with Gasteiger partial charge in [0, 0.05) is 30.4 Å². The summed E-state index contributed by atoms with van der Waals surface area (Å²) in [6, 6.07) is 19.6. The van der Waals surface area contributed by atoms with Gasteiger partial charge in [-0.3, -0.25) is 15.2 Å². The molecule has 7 heteroatoms. The first-order valence-electron chi connectivity index (χ1n) is 11.2. The van der Waals surface area contributed by atoms with Gasteiger partial charge >= 0.3 is 0 Å². The number of hydrogen-bond donors (Lipinski definition) is 1. The van der Waals surface area contributed by atoms with E-state index in [2.05, 4.69) is 53.2 Å². The summed E-state index contributed by atoms with van der Waals surface area (Å²) in [6.45, 7) is 9.37. The van der Waals surface area contributed by atoms with E-state index in [9.17, 15) is 10.1 Å². The number of carbonyl (C=O) groups is 1. The van der Waals surface area contributed by atoms with Crippen LogP contribution in [0.3, 0.4) is 0 Å². The average Bonchev–Trinajstić information content (AvgIpc) is 2.77. The Balaban J connectivity index is 1.86. The van der Waals surface area contributed by atoms with Crippen LogP contribution in [0.25, 0.3) is 11.1 Å². The second kappa shape index (κ2) is 10.4. The summed E-state index contributed by atoms with van der Waals surface area (Å²) in [4.78, 5) is 23.7. The molecule has 0 saturated carbocycles. The minimum atomic E-state index is -0.243. The van der Waals surface area contributed by atoms with Crippen molar-refractivity contribution < 1.29 is 4.79 Å². The standard InChI is InChI=1S/C27H32N6O/c1-19-15-25(30-24(16-28)29-19)33(18-27(2,3)4)31-26(34)21-13-11-20(12-14-21)23-10-8-7-9-22(23)17-32(5)6/h7-15H,17-18H2,1-6H3,(H,31,34). The number of nitrogens with zero attached hydrogens (tertiary/aromatic N) is 5. The lowest BCUT2D eigenvalue weighted by Gasteiger charge is -2.31. The molecule has 1 N–H and O–H groups in total. The highest BCUT2D eigenvalue weighted by molar-refractivity contribution is 5.95. The number of aromatic nitrogens is 2. The van der Waals surface area contributed by atoms with E-state index in [1.54, 1.807) is 18.0 Å². The third kappa shape index (κ3) is 6.63. The van der Waals surface area contributed by atoms with Gasteiger partial charge in [0.25, 0.3) is 5.91 Å². The molecule has 34 heavy (non-hydrogen) atoms. The van der Waals surface area contributed by atoms with Crippen LogP contribution in [0, 0.1) is 23.7 Å². The Kier molecular flexibility index (Phi) is 7.64. The Labute approximate surface area is 202 Å². The van der Waals surface area contributed by atoms with E-state index in [0.717, 1.165) is 17.7 Å². The van der Waals surface area contributed by atoms with Crippen LogP contribution in [-0.2, 0) is 6.54 Å². The predicted octanol–water partition coefficient (Wildman–Crippen LogP) is 4.58. The molecule has 1 amide bonds. The molecule has 0 aliphatic heterocycles. The van der Waals surface area contributed by atoms with Crippen molar-refractivity contribution in [1.82, 2.24) is 20.3 Å². The zero-order chi connectivity index (χ0) is 24.9. The molecule has 0 unspecified atom stereocenters. The lowest BCUT2D eigenvalue weighted by atomic mass is 9.96. The van der Waals surface area contributed by atoms with Gasteiger partial charge in [-0.1, -0.05) is 57.2 Å². The molecular formula is C27H32N6O. The van der Waals surface area contributed by atoms with Crippen molar-refractivity contribution in [2.45, 2.75) is 34.2 Å². The van der Waals surface area contributed by atoms with Crippen LogP contribution in [-0.4, -0.2) is 41.4 Å². The number of carbonyl (C=O) groups excluding carboxylic acids is 1. The van der Waals surface area contributed by atoms with Crippen molar-refractivity contribution in [2.24, 2.45) is 5.41 Å². The minimum absolute atomic E-state index is 0.0731. The van der Waals surface area contributed by atoms with Gasteiger partial charge in [0.05, 0.1) is 0 Å². The molecule has 0 spiro atoms. The summed E-state index contributed by atoms with van der Waals surface area (Å²) in [6.07, 6.45) is 0. The van der Waals surface area contributed by atoms with Gasteiger partial charge in [-0.05, 0) is 55.3 Å². The van der Waals surface area contributed by atoms with E-state index < -0.39 is 0 Å². The van der Waals surface area contributed by atoms with Crippen LogP contribution in [0.2, 0.25) is 0 Å². The molecule has 0 aliphatic rings. The minimum Gasteiger partial charge on any atom is -0.305 e. The Hall–Kier alpha value is -3.76. The number of benzene rings is 2. The summed E-state index contributed by atoms with van der Waals surface area (Å²) in [5.74, 6) is 0.317. The van der Waals surface area contributed by atoms with E-state index in [1.807, 2.05) is 56.6 Å². The van der Waals surface area contributed by atoms with Crippen LogP contribution in [0.1, 0.15) is 48.2 Å². The molecule has 0 bridgehead atoms. The van der Waals surface area contributed by atoms with Crippen molar-refractivity contribution in [1.29, 1.82) is 5.26 Å². The van der Waals surface area contributed by atoms with Crippen LogP contribution >= 0.6 is 0 Å². The molecule has 176 valence electrons. The summed E-state index contributed by atoms with van der Waals surface area (Å²) in [7, 11) is 4.10. The number of rotatable bonds is 7. The first-order valence-corrected chi connectivity index (χ1v) is 11.2. The number of nitriles is 1. The normalized spacial score (nSPS) is 11.2. The third-order valence-electron chi connectivity index (χ3n) is 5.05. The quantitative estimate of drug-likeness (QED) is 0.524. The SMILES string of the molecule is Cc1cc(N(CC(C)(C)C)NC(=O)c2ccc(-c3ccccc3CN(C)C)cc2)nc(C#N)n1. The smallest absolute Gasteiger partial charge is 0.269 e. The highest BCUT2D eigenvalue weighted by Crippen LogP contribution is 2.25. The van der Waals surface area contributed by atoms with Gasteiger partial charge in [0.1, 0.15) is 6.07 Å². The molecular weight excluding hydrogens is 424 g/mol. The fraction of sp³-hybridized carbons (Fsp3) is 0.333. The molecule has 0 aliphatic carbocycles. The molecule has 2 aromatic carbocycles. The summed E-state index contributed by atoms with van der Waals surface area (Å²) in [5.41, 5.74) is 7.49. The Bertz CT molecular complexity index is 1190. The number of nitrogens with one attached hydrogen (secondary N) is 1. The first kappa shape index (κ1) is 24.9. The Morgan fingerprint density at radius 3 is 2.35 bits per heavy atom. The number of aryl methyl sites for hydroxylation is 1. The summed E-state index contributed by atoms with van der Waals surface area (Å²) >= 11 is 0. The zero-order valence-electron chi connectivity index (χ0n) is 20.8. The van der Waals surface area contributed by atoms with Crippen molar-refractivity contribution in [3.8, 4) is 17.2 Å². The molecule has 3 rings (SSSR count). The van der Waals surface area contributed by atoms with Crippen molar-refractivity contribution >= 4 is 11.7 Å². The molecule has 0 fully saturated rings. The molecule has 3 aromatic rings. The fourth-order valence-corrected chi connectivity index (χ4v) is 3.66. The van der Waals surface area contributed by atoms with E-state index >= 15 is 0 Å². The van der Waals surface area contributed by atoms with Gasteiger partial charge in [0.2, 0.25) is 5.82 Å². The lowest BCUT2D eigenvalue weighted by molar-refractivity contribution is 0.0945. The lowest BCUT2D eigenvalue weighted by Crippen LogP contribution is -2.47. The number of amides is 1. The number of anilines is 1. The van der Waals surface area contributed by atoms with Gasteiger partial charge in [-0.15, -0.1) is 0 Å². The van der Waals surface area contributed by atoms with E-state index in [0.29, 0.717) is 23.6 Å². The number of hydrogen-bond acceptors (Lipinski definition) is 6. The molecule has 0 saturated heterocycles. The molecule has 7 nitrogen and oxygen atoms in total. The highest BCUT2D eigenvalue weighted by Gasteiger charge is 2.21. The monoisotopic (exact) mass is 456 g/mol. The second-order valence-corrected chi connectivity index (χ2v) is 9.86. The second-order valence-electron chi connectivity index (χ2n) is 9.86. The highest BCUT2D eigenvalue weighted by atomic mass is 16.2. The largest absolute Gasteiger partial charge is 0.305 e. The van der Waals surface area contributed by atoms with Crippen molar-refractivity contribution in [2.75, 3.05) is 25.6 Å². The third-order valence-corrected chi connectivity index (χ3v) is 5.05. The Morgan fingerprint density at radius 1 is 1.06 bits per heavy atom. The maximum absolute atomic E-state index is 13.1. The van der Waals surface area contributed by atoms with Crippen LogP contribution in [0.15, 0.2) is 54.6 Å². The fourth-order valence-electron chi connectivity index (χ4n) is 3.66. The maximum atomic E-state index is 13.1. The molecule has 1 aromatic heterocycles. The Morgan fingerprint density at radius 2 is 1.74 bits per heavy atom. The number of hydrazine groups is 1. The van der Waals surface area contributed by atoms with Gasteiger partial charge < -0.3 is 4.90 Å². The van der Waals surface area contributed by atoms with Crippen LogP contribution in [0.4, 0.5) is 5.82 Å². The van der Waals surface area contributed by atoms with Gasteiger partial charge in [-0.25, -0.2) is 4.98 Å². The van der Waals surface area contributed by atoms with Gasteiger partial charge in [0.15, 0.2) is 5.82 Å². The van der Waals surface area contributed by atoms with Gasteiger partial charge in [-0.2, -0.15) is 10.2 Å². The molecule has 1 heterocycles. The van der Waals surface area contributed by atoms with Crippen molar-refractivity contribution in [3.63, 3.8) is 0 Å². The predicted molar refractivity (Wildman–Crippen MR) is 135 cm³/mol. The average molecular weight is 457 g/mol. The van der Waals surface area contributed by atoms with E-state index in [1.165, 1.54) is 5.56 Å². The van der Waals surface area contributed by atoms with Crippen LogP contribution in [0.5, 0.6) is 0 Å². The molecule has 0 atom stereocenters. The van der Waals surface area contributed by atoms with Crippen LogP contribution < -0.4 is 10.4 Å². The zero-order valence-corrected chi connectivity index (χ0v) is 20.8. The maximum Gasteiger partial charge on any atom is 0.269 e. The molecule has 0 radical (unpaired) electrons. The van der Waals surface area contributed by atoms with E-state index in [-0.39, 0.29) is 17.1 Å². The summed E-state index contributed by atoms with van der Waals surface area (Å²) in [5, 5.41) is 11.0. The first-order chi connectivity index (χ1) is 16.1. The summed E-state index contributed by atoms with van der Waals surface area (Å²) < 4.78 is 0.